The molecule has 1 heterocycles. The van der Waals surface area contributed by atoms with E-state index in [1.165, 1.54) is 12.1 Å². The number of hydrogen-bond donors (Lipinski definition) is 1. The van der Waals surface area contributed by atoms with E-state index in [9.17, 15) is 9.59 Å². The van der Waals surface area contributed by atoms with Crippen molar-refractivity contribution in [2.24, 2.45) is 0 Å². The third-order valence-corrected chi connectivity index (χ3v) is 5.26. The number of Topliss-reactive ketones (excluding diaryl/α,β-unsaturated/α-hetero) is 1. The maximum atomic E-state index is 12.5. The molecule has 8 heteroatoms. The Bertz CT molecular complexity index is 842. The highest BCUT2D eigenvalue weighted by molar-refractivity contribution is 14.1. The number of carbonyl (C=O) groups is 2. The maximum absolute atomic E-state index is 12.5. The van der Waals surface area contributed by atoms with E-state index in [1.807, 2.05) is 45.2 Å². The lowest BCUT2D eigenvalue weighted by Gasteiger charge is -2.12. The second kappa shape index (κ2) is 8.42. The Balaban J connectivity index is 1.73. The Morgan fingerprint density at radius 3 is 2.31 bits per heavy atom. The quantitative estimate of drug-likeness (QED) is 0.426. The zero-order valence-corrected chi connectivity index (χ0v) is 17.8. The number of benzene rings is 2. The van der Waals surface area contributed by atoms with Crippen LogP contribution < -0.4 is 14.2 Å². The number of halogens is 2. The van der Waals surface area contributed by atoms with E-state index >= 15 is 0 Å². The number of aromatic carboxylic acids is 1. The van der Waals surface area contributed by atoms with Crippen molar-refractivity contribution in [2.75, 3.05) is 19.8 Å². The van der Waals surface area contributed by atoms with Crippen LogP contribution in [0.3, 0.4) is 0 Å². The van der Waals surface area contributed by atoms with E-state index in [2.05, 4.69) is 0 Å². The average Bonchev–Trinajstić information content (AvgIpc) is 2.85. The normalized spacial score (nSPS) is 13.0. The molecular weight excluding hydrogens is 566 g/mol. The van der Waals surface area contributed by atoms with Gasteiger partial charge in [-0.15, -0.1) is 0 Å². The van der Waals surface area contributed by atoms with Gasteiger partial charge in [0.1, 0.15) is 5.75 Å². The Labute approximate surface area is 177 Å². The second-order valence-corrected chi connectivity index (χ2v) is 7.82. The maximum Gasteiger partial charge on any atom is 0.335 e. The van der Waals surface area contributed by atoms with Crippen LogP contribution in [0, 0.1) is 7.14 Å². The number of ketones is 1. The topological polar surface area (TPSA) is 82.1 Å². The van der Waals surface area contributed by atoms with Gasteiger partial charge in [0, 0.05) is 12.0 Å². The van der Waals surface area contributed by atoms with Gasteiger partial charge < -0.3 is 19.3 Å². The zero-order chi connectivity index (χ0) is 18.7. The van der Waals surface area contributed by atoms with Gasteiger partial charge in [0.05, 0.1) is 25.9 Å². The van der Waals surface area contributed by atoms with E-state index in [0.29, 0.717) is 43.2 Å². The average molecular weight is 580 g/mol. The first-order valence-corrected chi connectivity index (χ1v) is 9.89. The fourth-order valence-electron chi connectivity index (χ4n) is 2.38. The molecule has 0 amide bonds. The molecule has 3 rings (SSSR count). The van der Waals surface area contributed by atoms with Crippen LogP contribution in [0.1, 0.15) is 27.1 Å². The molecule has 0 aliphatic carbocycles. The Morgan fingerprint density at radius 2 is 1.65 bits per heavy atom. The Hall–Kier alpha value is -1.56. The van der Waals surface area contributed by atoms with Crippen LogP contribution in [-0.2, 0) is 0 Å². The number of fused-ring (bicyclic) bond motifs is 1. The molecular formula is C18H14I2O6. The van der Waals surface area contributed by atoms with E-state index in [4.69, 9.17) is 19.3 Å². The van der Waals surface area contributed by atoms with Crippen molar-refractivity contribution in [3.63, 3.8) is 0 Å². The van der Waals surface area contributed by atoms with Crippen molar-refractivity contribution < 1.29 is 28.9 Å². The molecule has 1 aliphatic heterocycles. The lowest BCUT2D eigenvalue weighted by atomic mass is 10.1. The number of carbonyl (C=O) groups excluding carboxylic acids is 1. The van der Waals surface area contributed by atoms with E-state index in [1.54, 1.807) is 18.2 Å². The number of rotatable bonds is 5. The summed E-state index contributed by atoms with van der Waals surface area (Å²) >= 11 is 4.00. The molecule has 1 aliphatic rings. The highest BCUT2D eigenvalue weighted by atomic mass is 127. The zero-order valence-electron chi connectivity index (χ0n) is 13.5. The molecule has 0 unspecified atom stereocenters. The van der Waals surface area contributed by atoms with Crippen LogP contribution in [0.25, 0.3) is 0 Å². The van der Waals surface area contributed by atoms with Gasteiger partial charge in [-0.1, -0.05) is 0 Å². The summed E-state index contributed by atoms with van der Waals surface area (Å²) in [5.74, 6) is 0.487. The number of carboxylic acids is 1. The molecule has 0 fully saturated rings. The van der Waals surface area contributed by atoms with Gasteiger partial charge in [-0.2, -0.15) is 0 Å². The van der Waals surface area contributed by atoms with Gasteiger partial charge in [-0.25, -0.2) is 4.79 Å². The molecule has 2 aromatic rings. The van der Waals surface area contributed by atoms with Crippen LogP contribution in [-0.4, -0.2) is 36.7 Å². The van der Waals surface area contributed by atoms with Crippen LogP contribution in [0.15, 0.2) is 30.3 Å². The molecule has 26 heavy (non-hydrogen) atoms. The van der Waals surface area contributed by atoms with Crippen molar-refractivity contribution >= 4 is 56.9 Å². The number of carboxylic acid groups (broad SMARTS) is 1. The summed E-state index contributed by atoms with van der Waals surface area (Å²) < 4.78 is 18.1. The molecule has 0 spiro atoms. The van der Waals surface area contributed by atoms with Crippen molar-refractivity contribution in [1.82, 2.24) is 0 Å². The van der Waals surface area contributed by atoms with Gasteiger partial charge in [0.15, 0.2) is 23.9 Å². The van der Waals surface area contributed by atoms with Crippen molar-refractivity contribution in [3.05, 3.63) is 48.6 Å². The summed E-state index contributed by atoms with van der Waals surface area (Å²) in [7, 11) is 0. The van der Waals surface area contributed by atoms with E-state index < -0.39 is 5.97 Å². The van der Waals surface area contributed by atoms with Gasteiger partial charge in [0.25, 0.3) is 0 Å². The third kappa shape index (κ3) is 4.40. The fraction of sp³-hybridized carbons (Fsp3) is 0.222. The number of ether oxygens (including phenoxy) is 3. The van der Waals surface area contributed by atoms with Crippen molar-refractivity contribution in [3.8, 4) is 17.2 Å². The van der Waals surface area contributed by atoms with E-state index in [0.717, 1.165) is 6.42 Å². The molecule has 6 nitrogen and oxygen atoms in total. The summed E-state index contributed by atoms with van der Waals surface area (Å²) in [5.41, 5.74) is 0.654. The summed E-state index contributed by atoms with van der Waals surface area (Å²) in [6, 6.07) is 8.10. The standard InChI is InChI=1S/C18H14I2O6/c19-12-6-11(18(22)23)7-13(20)17(12)26-9-14(21)10-2-3-15-16(8-10)25-5-1-4-24-15/h2-3,6-8H,1,4-5,9H2,(H,22,23). The Morgan fingerprint density at radius 1 is 1.00 bits per heavy atom. The highest BCUT2D eigenvalue weighted by Gasteiger charge is 2.17. The predicted molar refractivity (Wildman–Crippen MR) is 111 cm³/mol. The van der Waals surface area contributed by atoms with Gasteiger partial charge >= 0.3 is 5.97 Å². The van der Waals surface area contributed by atoms with Crippen LogP contribution >= 0.6 is 45.2 Å². The van der Waals surface area contributed by atoms with Crippen molar-refractivity contribution in [1.29, 1.82) is 0 Å². The minimum absolute atomic E-state index is 0.155. The lowest BCUT2D eigenvalue weighted by molar-refractivity contribution is 0.0696. The highest BCUT2D eigenvalue weighted by Crippen LogP contribution is 2.31. The van der Waals surface area contributed by atoms with Crippen molar-refractivity contribution in [2.45, 2.75) is 6.42 Å². The largest absolute Gasteiger partial charge is 0.490 e. The summed E-state index contributed by atoms with van der Waals surface area (Å²) in [4.78, 5) is 23.6. The summed E-state index contributed by atoms with van der Waals surface area (Å²) in [6.07, 6.45) is 0.796. The van der Waals surface area contributed by atoms with Gasteiger partial charge in [-0.3, -0.25) is 4.79 Å². The molecule has 1 N–H and O–H groups in total. The van der Waals surface area contributed by atoms with Gasteiger partial charge in [-0.05, 0) is 75.5 Å². The third-order valence-electron chi connectivity index (χ3n) is 3.66. The van der Waals surface area contributed by atoms with Crippen LogP contribution in [0.2, 0.25) is 0 Å². The molecule has 0 atom stereocenters. The smallest absolute Gasteiger partial charge is 0.335 e. The first kappa shape index (κ1) is 19.2. The first-order valence-electron chi connectivity index (χ1n) is 7.73. The molecule has 0 saturated heterocycles. The summed E-state index contributed by atoms with van der Waals surface area (Å²) in [6.45, 7) is 0.984. The molecule has 0 saturated carbocycles. The first-order chi connectivity index (χ1) is 12.5. The Kier molecular flexibility index (Phi) is 6.22. The van der Waals surface area contributed by atoms with Gasteiger partial charge in [0.2, 0.25) is 0 Å². The van der Waals surface area contributed by atoms with Crippen LogP contribution in [0.5, 0.6) is 17.2 Å². The SMILES string of the molecule is O=C(O)c1cc(I)c(OCC(=O)c2ccc3c(c2)OCCCO3)c(I)c1. The molecule has 136 valence electrons. The predicted octanol–water partition coefficient (Wildman–Crippen LogP) is 4.02. The van der Waals surface area contributed by atoms with E-state index in [-0.39, 0.29) is 18.0 Å². The lowest BCUT2D eigenvalue weighted by Crippen LogP contribution is -2.13. The molecule has 2 aromatic carbocycles. The second-order valence-electron chi connectivity index (χ2n) is 5.50. The summed E-state index contributed by atoms with van der Waals surface area (Å²) in [5, 5.41) is 9.08. The number of hydrogen-bond acceptors (Lipinski definition) is 5. The minimum Gasteiger partial charge on any atom is -0.490 e. The molecule has 0 aromatic heterocycles. The molecule has 0 bridgehead atoms. The monoisotopic (exact) mass is 580 g/mol. The minimum atomic E-state index is -1.00. The van der Waals surface area contributed by atoms with Crippen LogP contribution in [0.4, 0.5) is 0 Å². The fourth-order valence-corrected chi connectivity index (χ4v) is 4.46. The molecule has 0 radical (unpaired) electrons.